The van der Waals surface area contributed by atoms with E-state index in [-0.39, 0.29) is 0 Å². The second-order valence-electron chi connectivity index (χ2n) is 5.87. The van der Waals surface area contributed by atoms with Gasteiger partial charge in [0.2, 0.25) is 0 Å². The number of likely N-dealkylation sites (tertiary alicyclic amines) is 1. The molecule has 0 saturated carbocycles. The molecule has 0 aromatic carbocycles. The van der Waals surface area contributed by atoms with Crippen molar-refractivity contribution < 1.29 is 0 Å². The SMILES string of the molecule is CCC1CCCN(CCCCc2nc(CCl)cs2)CC1. The maximum Gasteiger partial charge on any atom is 0.0928 e. The molecule has 0 amide bonds. The molecular weight excluding hydrogens is 288 g/mol. The number of aryl methyl sites for hydroxylation is 1. The molecule has 0 N–H and O–H groups in total. The smallest absolute Gasteiger partial charge is 0.0928 e. The van der Waals surface area contributed by atoms with Gasteiger partial charge < -0.3 is 4.90 Å². The maximum absolute atomic E-state index is 5.78. The van der Waals surface area contributed by atoms with E-state index < -0.39 is 0 Å². The molecule has 2 heterocycles. The fraction of sp³-hybridized carbons (Fsp3) is 0.812. The second kappa shape index (κ2) is 9.01. The van der Waals surface area contributed by atoms with E-state index in [1.807, 2.05) is 0 Å². The van der Waals surface area contributed by atoms with Crippen LogP contribution in [0.2, 0.25) is 0 Å². The number of rotatable bonds is 7. The van der Waals surface area contributed by atoms with Crippen LogP contribution in [0.1, 0.15) is 56.2 Å². The molecule has 1 aromatic rings. The Kier molecular flexibility index (Phi) is 7.32. The first-order chi connectivity index (χ1) is 9.81. The summed E-state index contributed by atoms with van der Waals surface area (Å²) in [5.41, 5.74) is 1.03. The third kappa shape index (κ3) is 5.34. The van der Waals surface area contributed by atoms with Crippen molar-refractivity contribution >= 4 is 22.9 Å². The highest BCUT2D eigenvalue weighted by atomic mass is 35.5. The predicted molar refractivity (Wildman–Crippen MR) is 88.7 cm³/mol. The zero-order chi connectivity index (χ0) is 14.2. The number of hydrogen-bond donors (Lipinski definition) is 0. The summed E-state index contributed by atoms with van der Waals surface area (Å²) in [6, 6.07) is 0. The average Bonchev–Trinajstić information content (AvgIpc) is 2.81. The molecule has 20 heavy (non-hydrogen) atoms. The normalized spacial score (nSPS) is 21.0. The third-order valence-corrected chi connectivity index (χ3v) is 5.60. The lowest BCUT2D eigenvalue weighted by atomic mass is 9.98. The molecule has 1 fully saturated rings. The Morgan fingerprint density at radius 1 is 1.35 bits per heavy atom. The van der Waals surface area contributed by atoms with Crippen LogP contribution >= 0.6 is 22.9 Å². The summed E-state index contributed by atoms with van der Waals surface area (Å²) < 4.78 is 0. The van der Waals surface area contributed by atoms with Gasteiger partial charge in [-0.1, -0.05) is 13.3 Å². The van der Waals surface area contributed by atoms with Crippen LogP contribution < -0.4 is 0 Å². The summed E-state index contributed by atoms with van der Waals surface area (Å²) in [5.74, 6) is 1.52. The first kappa shape index (κ1) is 16.3. The molecule has 1 aliphatic heterocycles. The summed E-state index contributed by atoms with van der Waals surface area (Å²) in [6.07, 6.45) is 9.27. The molecular formula is C16H27ClN2S. The van der Waals surface area contributed by atoms with E-state index in [0.717, 1.165) is 18.0 Å². The Hall–Kier alpha value is -0.120. The van der Waals surface area contributed by atoms with Crippen LogP contribution in [-0.4, -0.2) is 29.5 Å². The van der Waals surface area contributed by atoms with Gasteiger partial charge in [-0.3, -0.25) is 0 Å². The molecule has 1 aliphatic rings. The highest BCUT2D eigenvalue weighted by molar-refractivity contribution is 7.09. The molecule has 0 bridgehead atoms. The maximum atomic E-state index is 5.78. The van der Waals surface area contributed by atoms with Gasteiger partial charge in [-0.15, -0.1) is 22.9 Å². The van der Waals surface area contributed by atoms with Gasteiger partial charge in [-0.05, 0) is 64.1 Å². The molecule has 1 aromatic heterocycles. The van der Waals surface area contributed by atoms with Crippen LogP contribution in [0, 0.1) is 5.92 Å². The second-order valence-corrected chi connectivity index (χ2v) is 7.08. The largest absolute Gasteiger partial charge is 0.303 e. The lowest BCUT2D eigenvalue weighted by Gasteiger charge is -2.19. The van der Waals surface area contributed by atoms with Gasteiger partial charge in [0, 0.05) is 5.38 Å². The number of halogens is 1. The van der Waals surface area contributed by atoms with Crippen LogP contribution in [0.4, 0.5) is 0 Å². The molecule has 0 radical (unpaired) electrons. The summed E-state index contributed by atoms with van der Waals surface area (Å²) in [5, 5.41) is 3.34. The quantitative estimate of drug-likeness (QED) is 0.535. The summed E-state index contributed by atoms with van der Waals surface area (Å²) in [4.78, 5) is 7.19. The van der Waals surface area contributed by atoms with Crippen molar-refractivity contribution in [3.05, 3.63) is 16.1 Å². The number of alkyl halides is 1. The van der Waals surface area contributed by atoms with Gasteiger partial charge in [-0.25, -0.2) is 4.98 Å². The number of unbranched alkanes of at least 4 members (excludes halogenated alkanes) is 1. The molecule has 1 atom stereocenters. The molecule has 2 nitrogen and oxygen atoms in total. The summed E-state index contributed by atoms with van der Waals surface area (Å²) in [7, 11) is 0. The van der Waals surface area contributed by atoms with Gasteiger partial charge in [0.15, 0.2) is 0 Å². The predicted octanol–water partition coefficient (Wildman–Crippen LogP) is 4.72. The summed E-state index contributed by atoms with van der Waals surface area (Å²) in [6.45, 7) is 6.23. The molecule has 1 saturated heterocycles. The molecule has 2 rings (SSSR count). The van der Waals surface area contributed by atoms with Crippen molar-refractivity contribution in [2.75, 3.05) is 19.6 Å². The highest BCUT2D eigenvalue weighted by Gasteiger charge is 2.15. The van der Waals surface area contributed by atoms with E-state index in [1.54, 1.807) is 11.3 Å². The first-order valence-electron chi connectivity index (χ1n) is 8.03. The fourth-order valence-electron chi connectivity index (χ4n) is 2.99. The van der Waals surface area contributed by atoms with Gasteiger partial charge in [0.25, 0.3) is 0 Å². The molecule has 4 heteroatoms. The van der Waals surface area contributed by atoms with Crippen molar-refractivity contribution in [1.82, 2.24) is 9.88 Å². The lowest BCUT2D eigenvalue weighted by Crippen LogP contribution is -2.26. The Morgan fingerprint density at radius 2 is 2.25 bits per heavy atom. The van der Waals surface area contributed by atoms with E-state index in [1.165, 1.54) is 63.2 Å². The fourth-order valence-corrected chi connectivity index (χ4v) is 4.06. The zero-order valence-corrected chi connectivity index (χ0v) is 14.2. The van der Waals surface area contributed by atoms with E-state index in [2.05, 4.69) is 22.2 Å². The van der Waals surface area contributed by atoms with E-state index >= 15 is 0 Å². The lowest BCUT2D eigenvalue weighted by molar-refractivity contribution is 0.274. The van der Waals surface area contributed by atoms with Crippen molar-refractivity contribution in [2.45, 2.75) is 57.7 Å². The zero-order valence-electron chi connectivity index (χ0n) is 12.6. The Morgan fingerprint density at radius 3 is 3.00 bits per heavy atom. The van der Waals surface area contributed by atoms with Crippen molar-refractivity contribution in [3.8, 4) is 0 Å². The topological polar surface area (TPSA) is 16.1 Å². The minimum atomic E-state index is 0.545. The number of thiazole rings is 1. The number of aromatic nitrogens is 1. The van der Waals surface area contributed by atoms with Gasteiger partial charge in [-0.2, -0.15) is 0 Å². The van der Waals surface area contributed by atoms with Crippen LogP contribution in [0.5, 0.6) is 0 Å². The minimum Gasteiger partial charge on any atom is -0.303 e. The monoisotopic (exact) mass is 314 g/mol. The van der Waals surface area contributed by atoms with Crippen molar-refractivity contribution in [3.63, 3.8) is 0 Å². The first-order valence-corrected chi connectivity index (χ1v) is 9.44. The Bertz CT molecular complexity index is 380. The Labute approximate surface area is 132 Å². The van der Waals surface area contributed by atoms with E-state index in [0.29, 0.717) is 5.88 Å². The van der Waals surface area contributed by atoms with Gasteiger partial charge >= 0.3 is 0 Å². The summed E-state index contributed by atoms with van der Waals surface area (Å²) >= 11 is 7.54. The highest BCUT2D eigenvalue weighted by Crippen LogP contribution is 2.20. The molecule has 0 spiro atoms. The standard InChI is InChI=1S/C16H27ClN2S/c1-2-14-6-5-10-19(11-8-14)9-4-3-7-16-18-15(12-17)13-20-16/h13-14H,2-12H2,1H3. The van der Waals surface area contributed by atoms with E-state index in [9.17, 15) is 0 Å². The van der Waals surface area contributed by atoms with Crippen molar-refractivity contribution in [2.24, 2.45) is 5.92 Å². The van der Waals surface area contributed by atoms with E-state index in [4.69, 9.17) is 11.6 Å². The number of hydrogen-bond acceptors (Lipinski definition) is 3. The van der Waals surface area contributed by atoms with Crippen LogP contribution in [0.25, 0.3) is 0 Å². The van der Waals surface area contributed by atoms with Gasteiger partial charge in [0.1, 0.15) is 0 Å². The molecule has 114 valence electrons. The molecule has 0 aliphatic carbocycles. The third-order valence-electron chi connectivity index (χ3n) is 4.37. The van der Waals surface area contributed by atoms with Crippen molar-refractivity contribution in [1.29, 1.82) is 0 Å². The minimum absolute atomic E-state index is 0.545. The Balaban J connectivity index is 1.60. The average molecular weight is 315 g/mol. The van der Waals surface area contributed by atoms with Crippen LogP contribution in [-0.2, 0) is 12.3 Å². The van der Waals surface area contributed by atoms with Crippen LogP contribution in [0.15, 0.2) is 5.38 Å². The van der Waals surface area contributed by atoms with Gasteiger partial charge in [0.05, 0.1) is 16.6 Å². The number of nitrogens with zero attached hydrogens (tertiary/aromatic N) is 2. The molecule has 1 unspecified atom stereocenters. The van der Waals surface area contributed by atoms with Crippen LogP contribution in [0.3, 0.4) is 0 Å².